The van der Waals surface area contributed by atoms with Crippen molar-refractivity contribution >= 4 is 0 Å². The quantitative estimate of drug-likeness (QED) is 0.788. The zero-order chi connectivity index (χ0) is 16.6. The summed E-state index contributed by atoms with van der Waals surface area (Å²) < 4.78 is 1.86. The van der Waals surface area contributed by atoms with E-state index in [-0.39, 0.29) is 18.2 Å². The van der Waals surface area contributed by atoms with Crippen LogP contribution in [0.4, 0.5) is 0 Å². The van der Waals surface area contributed by atoms with Crippen molar-refractivity contribution in [2.45, 2.75) is 57.5 Å². The van der Waals surface area contributed by atoms with E-state index in [0.717, 1.165) is 29.7 Å². The molecule has 3 atom stereocenters. The van der Waals surface area contributed by atoms with E-state index in [4.69, 9.17) is 0 Å². The van der Waals surface area contributed by atoms with E-state index in [1.165, 1.54) is 0 Å². The molecule has 0 amide bonds. The molecule has 1 aliphatic carbocycles. The maximum absolute atomic E-state index is 10.0. The molecule has 1 aromatic heterocycles. The van der Waals surface area contributed by atoms with Crippen LogP contribution in [0.15, 0.2) is 36.7 Å². The van der Waals surface area contributed by atoms with E-state index in [1.54, 1.807) is 13.8 Å². The second kappa shape index (κ2) is 6.07. The highest BCUT2D eigenvalue weighted by atomic mass is 16.3. The van der Waals surface area contributed by atoms with Crippen molar-refractivity contribution in [3.8, 4) is 0 Å². The SMILES string of the molecule is Cc1cnn([C@H]2[C@H](O)C[C@@H]2NCc2ccc(C(C)(C)O)cc2)c1. The van der Waals surface area contributed by atoms with Gasteiger partial charge in [-0.3, -0.25) is 4.68 Å². The van der Waals surface area contributed by atoms with Crippen LogP contribution < -0.4 is 5.32 Å². The molecule has 23 heavy (non-hydrogen) atoms. The molecule has 0 aliphatic heterocycles. The van der Waals surface area contributed by atoms with Gasteiger partial charge < -0.3 is 15.5 Å². The summed E-state index contributed by atoms with van der Waals surface area (Å²) in [7, 11) is 0. The third kappa shape index (κ3) is 3.47. The molecular weight excluding hydrogens is 290 g/mol. The van der Waals surface area contributed by atoms with Gasteiger partial charge in [-0.15, -0.1) is 0 Å². The number of hydrogen-bond donors (Lipinski definition) is 3. The average Bonchev–Trinajstić information content (AvgIpc) is 2.88. The van der Waals surface area contributed by atoms with Crippen LogP contribution in [-0.4, -0.2) is 32.1 Å². The van der Waals surface area contributed by atoms with E-state index in [9.17, 15) is 10.2 Å². The molecule has 0 radical (unpaired) electrons. The second-order valence-electron chi connectivity index (χ2n) is 7.03. The Morgan fingerprint density at radius 2 is 2.00 bits per heavy atom. The van der Waals surface area contributed by atoms with E-state index in [2.05, 4.69) is 10.4 Å². The summed E-state index contributed by atoms with van der Waals surface area (Å²) in [6.45, 7) is 6.31. The van der Waals surface area contributed by atoms with Crippen molar-refractivity contribution < 1.29 is 10.2 Å². The van der Waals surface area contributed by atoms with Crippen LogP contribution in [0.3, 0.4) is 0 Å². The lowest BCUT2D eigenvalue weighted by Gasteiger charge is -2.42. The maximum Gasteiger partial charge on any atom is 0.0932 e. The fourth-order valence-electron chi connectivity index (χ4n) is 3.05. The van der Waals surface area contributed by atoms with E-state index in [1.807, 2.05) is 48.3 Å². The zero-order valence-corrected chi connectivity index (χ0v) is 13.9. The Kier molecular flexibility index (Phi) is 4.27. The summed E-state index contributed by atoms with van der Waals surface area (Å²) in [4.78, 5) is 0. The number of aromatic nitrogens is 2. The van der Waals surface area contributed by atoms with Crippen molar-refractivity contribution in [1.29, 1.82) is 0 Å². The number of aliphatic hydroxyl groups is 2. The van der Waals surface area contributed by atoms with Crippen LogP contribution >= 0.6 is 0 Å². The molecule has 0 spiro atoms. The highest BCUT2D eigenvalue weighted by Crippen LogP contribution is 2.32. The van der Waals surface area contributed by atoms with Gasteiger partial charge in [0.05, 0.1) is 23.9 Å². The fraction of sp³-hybridized carbons (Fsp3) is 0.500. The minimum Gasteiger partial charge on any atom is -0.391 e. The van der Waals surface area contributed by atoms with Gasteiger partial charge in [0.1, 0.15) is 0 Å². The Morgan fingerprint density at radius 1 is 1.30 bits per heavy atom. The van der Waals surface area contributed by atoms with Crippen molar-refractivity contribution in [1.82, 2.24) is 15.1 Å². The summed E-state index contributed by atoms with van der Waals surface area (Å²) in [5.74, 6) is 0. The van der Waals surface area contributed by atoms with Crippen molar-refractivity contribution in [3.05, 3.63) is 53.3 Å². The normalized spacial score (nSPS) is 24.5. The standard InChI is InChI=1S/C18H25N3O2/c1-12-9-20-21(11-12)17-15(8-16(17)22)19-10-13-4-6-14(7-5-13)18(2,3)23/h4-7,9,11,15-17,19,22-23H,8,10H2,1-3H3/t15-,16+,17+/m0/s1. The van der Waals surface area contributed by atoms with Gasteiger partial charge in [0.15, 0.2) is 0 Å². The van der Waals surface area contributed by atoms with Gasteiger partial charge in [-0.05, 0) is 43.9 Å². The van der Waals surface area contributed by atoms with Gasteiger partial charge in [-0.1, -0.05) is 24.3 Å². The van der Waals surface area contributed by atoms with Crippen LogP contribution in [-0.2, 0) is 12.1 Å². The lowest BCUT2D eigenvalue weighted by Crippen LogP contribution is -2.54. The monoisotopic (exact) mass is 315 g/mol. The summed E-state index contributed by atoms with van der Waals surface area (Å²) in [5.41, 5.74) is 2.36. The largest absolute Gasteiger partial charge is 0.391 e. The van der Waals surface area contributed by atoms with Gasteiger partial charge in [0.25, 0.3) is 0 Å². The Balaban J connectivity index is 1.60. The molecule has 5 nitrogen and oxygen atoms in total. The first kappa shape index (κ1) is 16.2. The topological polar surface area (TPSA) is 70.3 Å². The third-order valence-electron chi connectivity index (χ3n) is 4.57. The van der Waals surface area contributed by atoms with E-state index < -0.39 is 5.60 Å². The van der Waals surface area contributed by atoms with Crippen LogP contribution in [0, 0.1) is 6.92 Å². The molecule has 3 rings (SSSR count). The van der Waals surface area contributed by atoms with Crippen molar-refractivity contribution in [3.63, 3.8) is 0 Å². The second-order valence-corrected chi connectivity index (χ2v) is 7.03. The van der Waals surface area contributed by atoms with Gasteiger partial charge in [-0.25, -0.2) is 0 Å². The number of benzene rings is 1. The summed E-state index contributed by atoms with van der Waals surface area (Å²) in [5, 5.41) is 27.8. The molecule has 2 aromatic rings. The minimum atomic E-state index is -0.812. The van der Waals surface area contributed by atoms with E-state index in [0.29, 0.717) is 0 Å². The predicted molar refractivity (Wildman–Crippen MR) is 88.9 cm³/mol. The van der Waals surface area contributed by atoms with Gasteiger partial charge in [0.2, 0.25) is 0 Å². The molecule has 1 fully saturated rings. The smallest absolute Gasteiger partial charge is 0.0932 e. The number of aryl methyl sites for hydroxylation is 1. The van der Waals surface area contributed by atoms with Gasteiger partial charge in [-0.2, -0.15) is 5.10 Å². The number of rotatable bonds is 5. The molecule has 1 aliphatic rings. The van der Waals surface area contributed by atoms with E-state index >= 15 is 0 Å². The lowest BCUT2D eigenvalue weighted by molar-refractivity contribution is -0.00824. The average molecular weight is 315 g/mol. The number of nitrogens with zero attached hydrogens (tertiary/aromatic N) is 2. The Morgan fingerprint density at radius 3 is 2.52 bits per heavy atom. The summed E-state index contributed by atoms with van der Waals surface area (Å²) in [6, 6.07) is 8.20. The molecule has 0 bridgehead atoms. The van der Waals surface area contributed by atoms with Gasteiger partial charge in [0, 0.05) is 18.8 Å². The Hall–Kier alpha value is -1.69. The molecule has 5 heteroatoms. The molecule has 0 unspecified atom stereocenters. The first-order valence-electron chi connectivity index (χ1n) is 8.08. The van der Waals surface area contributed by atoms with Crippen molar-refractivity contribution in [2.75, 3.05) is 0 Å². The van der Waals surface area contributed by atoms with Crippen LogP contribution in [0.5, 0.6) is 0 Å². The highest BCUT2D eigenvalue weighted by molar-refractivity contribution is 5.26. The highest BCUT2D eigenvalue weighted by Gasteiger charge is 2.41. The zero-order valence-electron chi connectivity index (χ0n) is 13.9. The maximum atomic E-state index is 10.0. The molecule has 3 N–H and O–H groups in total. The minimum absolute atomic E-state index is 0.000603. The number of nitrogens with one attached hydrogen (secondary N) is 1. The number of hydrogen-bond acceptors (Lipinski definition) is 4. The molecule has 1 aromatic carbocycles. The van der Waals surface area contributed by atoms with Crippen LogP contribution in [0.2, 0.25) is 0 Å². The Bertz CT molecular complexity index is 658. The fourth-order valence-corrected chi connectivity index (χ4v) is 3.05. The number of aliphatic hydroxyl groups excluding tert-OH is 1. The lowest BCUT2D eigenvalue weighted by atomic mass is 9.83. The molecule has 0 saturated heterocycles. The molecular formula is C18H25N3O2. The molecule has 1 saturated carbocycles. The first-order valence-corrected chi connectivity index (χ1v) is 8.08. The third-order valence-corrected chi connectivity index (χ3v) is 4.57. The predicted octanol–water partition coefficient (Wildman–Crippen LogP) is 1.88. The van der Waals surface area contributed by atoms with Gasteiger partial charge >= 0.3 is 0 Å². The van der Waals surface area contributed by atoms with Crippen LogP contribution in [0.1, 0.15) is 43.0 Å². The Labute approximate surface area is 137 Å². The summed E-state index contributed by atoms with van der Waals surface area (Å²) >= 11 is 0. The van der Waals surface area contributed by atoms with Crippen molar-refractivity contribution in [2.24, 2.45) is 0 Å². The first-order chi connectivity index (χ1) is 10.8. The summed E-state index contributed by atoms with van der Waals surface area (Å²) in [6.07, 6.45) is 4.19. The molecule has 124 valence electrons. The van der Waals surface area contributed by atoms with Crippen LogP contribution in [0.25, 0.3) is 0 Å². The molecule has 1 heterocycles.